The number of hydrogen-bond acceptors (Lipinski definition) is 5. The largest absolute Gasteiger partial charge is 0.367 e. The van der Waals surface area contributed by atoms with Crippen LogP contribution in [0.3, 0.4) is 0 Å². The third-order valence-electron chi connectivity index (χ3n) is 6.26. The summed E-state index contributed by atoms with van der Waals surface area (Å²) >= 11 is 1.19. The van der Waals surface area contributed by atoms with Gasteiger partial charge in [0.25, 0.3) is 5.91 Å². The zero-order chi connectivity index (χ0) is 23.0. The van der Waals surface area contributed by atoms with Crippen molar-refractivity contribution >= 4 is 27.3 Å². The number of rotatable bonds is 4. The highest BCUT2D eigenvalue weighted by atomic mass is 32.2. The zero-order valence-corrected chi connectivity index (χ0v) is 20.0. The van der Waals surface area contributed by atoms with Crippen molar-refractivity contribution in [2.24, 2.45) is 0 Å². The molecular weight excluding hydrogens is 456 g/mol. The molecule has 3 aromatic rings. The fraction of sp³-hybridized carbons (Fsp3) is 0.320. The Morgan fingerprint density at radius 2 is 1.73 bits per heavy atom. The first-order valence-electron chi connectivity index (χ1n) is 11.1. The standard InChI is InChI=1S/C25H26N2O4S2/c1-18-15-26(17-22(31-18)20-8-3-2-4-9-20)25(28)24-23(12-14-32-24)33(29,30)27-13-11-19-7-5-6-10-21(19)16-27/h2-10,12,14,18,22H,11,13,15-17H2,1H3. The number of morpholine rings is 1. The summed E-state index contributed by atoms with van der Waals surface area (Å²) in [5.74, 6) is -0.253. The number of sulfonamides is 1. The van der Waals surface area contributed by atoms with Crippen molar-refractivity contribution in [1.82, 2.24) is 9.21 Å². The maximum Gasteiger partial charge on any atom is 0.265 e. The molecule has 8 heteroatoms. The van der Waals surface area contributed by atoms with Gasteiger partial charge in [-0.2, -0.15) is 4.31 Å². The summed E-state index contributed by atoms with van der Waals surface area (Å²) in [6, 6.07) is 19.3. The minimum absolute atomic E-state index is 0.104. The number of thiophene rings is 1. The van der Waals surface area contributed by atoms with Crippen LogP contribution < -0.4 is 0 Å². The van der Waals surface area contributed by atoms with E-state index in [1.807, 2.05) is 61.5 Å². The fourth-order valence-corrected chi connectivity index (χ4v) is 7.36. The molecule has 172 valence electrons. The van der Waals surface area contributed by atoms with Crippen molar-refractivity contribution < 1.29 is 17.9 Å². The second-order valence-electron chi connectivity index (χ2n) is 8.53. The lowest BCUT2D eigenvalue weighted by atomic mass is 10.0. The molecule has 2 unspecified atom stereocenters. The van der Waals surface area contributed by atoms with Crippen LogP contribution in [0, 0.1) is 0 Å². The number of benzene rings is 2. The van der Waals surface area contributed by atoms with Crippen molar-refractivity contribution in [1.29, 1.82) is 0 Å². The van der Waals surface area contributed by atoms with Gasteiger partial charge in [-0.15, -0.1) is 11.3 Å². The van der Waals surface area contributed by atoms with Crippen LogP contribution in [0.15, 0.2) is 70.9 Å². The van der Waals surface area contributed by atoms with Crippen LogP contribution in [0.5, 0.6) is 0 Å². The average Bonchev–Trinajstić information content (AvgIpc) is 3.34. The van der Waals surface area contributed by atoms with Crippen molar-refractivity contribution in [2.45, 2.75) is 37.0 Å². The van der Waals surface area contributed by atoms with E-state index in [1.54, 1.807) is 16.3 Å². The van der Waals surface area contributed by atoms with E-state index in [4.69, 9.17) is 4.74 Å². The Balaban J connectivity index is 1.39. The minimum Gasteiger partial charge on any atom is -0.367 e. The number of carbonyl (C=O) groups is 1. The summed E-state index contributed by atoms with van der Waals surface area (Å²) in [4.78, 5) is 15.6. The van der Waals surface area contributed by atoms with Gasteiger partial charge in [0.05, 0.1) is 12.6 Å². The molecule has 0 spiro atoms. The van der Waals surface area contributed by atoms with Crippen molar-refractivity contribution in [2.75, 3.05) is 19.6 Å². The average molecular weight is 483 g/mol. The van der Waals surface area contributed by atoms with Gasteiger partial charge in [-0.3, -0.25) is 4.79 Å². The molecule has 1 aromatic heterocycles. The Bertz CT molecular complexity index is 1260. The maximum absolute atomic E-state index is 13.6. The highest BCUT2D eigenvalue weighted by molar-refractivity contribution is 7.89. The van der Waals surface area contributed by atoms with Crippen LogP contribution >= 0.6 is 11.3 Å². The van der Waals surface area contributed by atoms with E-state index in [2.05, 4.69) is 0 Å². The highest BCUT2D eigenvalue weighted by Gasteiger charge is 2.36. The van der Waals surface area contributed by atoms with Crippen LogP contribution in [0.2, 0.25) is 0 Å². The van der Waals surface area contributed by atoms with Crippen LogP contribution in [-0.4, -0.2) is 49.3 Å². The van der Waals surface area contributed by atoms with Crippen molar-refractivity contribution in [3.8, 4) is 0 Å². The summed E-state index contributed by atoms with van der Waals surface area (Å²) in [6.45, 7) is 3.49. The molecule has 6 nitrogen and oxygen atoms in total. The first-order valence-corrected chi connectivity index (χ1v) is 13.4. The van der Waals surface area contributed by atoms with E-state index >= 15 is 0 Å². The van der Waals surface area contributed by atoms with Gasteiger partial charge >= 0.3 is 0 Å². The molecule has 1 fully saturated rings. The molecule has 33 heavy (non-hydrogen) atoms. The number of hydrogen-bond donors (Lipinski definition) is 0. The van der Waals surface area contributed by atoms with Crippen LogP contribution in [0.1, 0.15) is 39.4 Å². The number of carbonyl (C=O) groups excluding carboxylic acids is 1. The summed E-state index contributed by atoms with van der Waals surface area (Å²) < 4.78 is 34.7. The molecule has 2 aliphatic rings. The normalized spacial score (nSPS) is 21.5. The Morgan fingerprint density at radius 1 is 1.00 bits per heavy atom. The van der Waals surface area contributed by atoms with Gasteiger partial charge in [0.1, 0.15) is 15.9 Å². The van der Waals surface area contributed by atoms with Crippen LogP contribution in [0.4, 0.5) is 0 Å². The van der Waals surface area contributed by atoms with Crippen LogP contribution in [-0.2, 0) is 27.7 Å². The van der Waals surface area contributed by atoms with E-state index in [0.717, 1.165) is 11.1 Å². The lowest BCUT2D eigenvalue weighted by Gasteiger charge is -2.37. The third-order valence-corrected chi connectivity index (χ3v) is 9.17. The SMILES string of the molecule is CC1CN(C(=O)c2sccc2S(=O)(=O)N2CCc3ccccc3C2)CC(c2ccccc2)O1. The highest BCUT2D eigenvalue weighted by Crippen LogP contribution is 2.32. The second-order valence-corrected chi connectivity index (χ2v) is 11.3. The molecule has 3 heterocycles. The molecule has 2 aliphatic heterocycles. The molecular formula is C25H26N2O4S2. The van der Waals surface area contributed by atoms with Gasteiger partial charge in [-0.1, -0.05) is 54.6 Å². The van der Waals surface area contributed by atoms with E-state index in [-0.39, 0.29) is 27.9 Å². The molecule has 2 atom stereocenters. The monoisotopic (exact) mass is 482 g/mol. The fourth-order valence-electron chi connectivity index (χ4n) is 4.58. The van der Waals surface area contributed by atoms with E-state index < -0.39 is 10.0 Å². The predicted molar refractivity (Wildman–Crippen MR) is 128 cm³/mol. The Labute approximate surface area is 198 Å². The van der Waals surface area contributed by atoms with E-state index in [9.17, 15) is 13.2 Å². The first-order chi connectivity index (χ1) is 15.9. The maximum atomic E-state index is 13.6. The number of nitrogens with zero attached hydrogens (tertiary/aromatic N) is 2. The molecule has 0 saturated carbocycles. The third kappa shape index (κ3) is 4.36. The lowest BCUT2D eigenvalue weighted by Crippen LogP contribution is -2.46. The number of amides is 1. The summed E-state index contributed by atoms with van der Waals surface area (Å²) in [6.07, 6.45) is 0.284. The molecule has 0 aliphatic carbocycles. The molecule has 0 bridgehead atoms. The molecule has 0 radical (unpaired) electrons. The lowest BCUT2D eigenvalue weighted by molar-refractivity contribution is -0.0691. The number of fused-ring (bicyclic) bond motifs is 1. The minimum atomic E-state index is -3.79. The molecule has 2 aromatic carbocycles. The number of ether oxygens (including phenoxy) is 1. The molecule has 0 N–H and O–H groups in total. The Kier molecular flexibility index (Phi) is 6.09. The van der Waals surface area contributed by atoms with Gasteiger partial charge < -0.3 is 9.64 Å². The molecule has 1 amide bonds. The van der Waals surface area contributed by atoms with Crippen molar-refractivity contribution in [3.05, 3.63) is 87.6 Å². The quantitative estimate of drug-likeness (QED) is 0.562. The summed E-state index contributed by atoms with van der Waals surface area (Å²) in [5, 5.41) is 1.69. The first kappa shape index (κ1) is 22.3. The van der Waals surface area contributed by atoms with E-state index in [0.29, 0.717) is 32.6 Å². The van der Waals surface area contributed by atoms with E-state index in [1.165, 1.54) is 21.2 Å². The Morgan fingerprint density at radius 3 is 2.52 bits per heavy atom. The topological polar surface area (TPSA) is 66.9 Å². The predicted octanol–water partition coefficient (Wildman–Crippen LogP) is 4.10. The smallest absolute Gasteiger partial charge is 0.265 e. The van der Waals surface area contributed by atoms with Gasteiger partial charge in [0.15, 0.2) is 0 Å². The molecule has 5 rings (SSSR count). The summed E-state index contributed by atoms with van der Waals surface area (Å²) in [7, 11) is -3.79. The van der Waals surface area contributed by atoms with Gasteiger partial charge in [-0.25, -0.2) is 8.42 Å². The summed E-state index contributed by atoms with van der Waals surface area (Å²) in [5.41, 5.74) is 3.20. The van der Waals surface area contributed by atoms with Gasteiger partial charge in [0.2, 0.25) is 10.0 Å². The molecule has 1 saturated heterocycles. The van der Waals surface area contributed by atoms with Crippen LogP contribution in [0.25, 0.3) is 0 Å². The van der Waals surface area contributed by atoms with Gasteiger partial charge in [0, 0.05) is 19.6 Å². The zero-order valence-electron chi connectivity index (χ0n) is 18.4. The van der Waals surface area contributed by atoms with Gasteiger partial charge in [-0.05, 0) is 41.5 Å². The Hall–Kier alpha value is -2.52. The van der Waals surface area contributed by atoms with Crippen molar-refractivity contribution in [3.63, 3.8) is 0 Å². The second kappa shape index (κ2) is 9.02.